The van der Waals surface area contributed by atoms with E-state index < -0.39 is 15.9 Å². The van der Waals surface area contributed by atoms with Crippen LogP contribution in [0, 0.1) is 0 Å². The molecule has 1 fully saturated rings. The molecular weight excluding hydrogens is 406 g/mol. The van der Waals surface area contributed by atoms with E-state index in [1.807, 2.05) is 24.3 Å². The summed E-state index contributed by atoms with van der Waals surface area (Å²) in [5, 5.41) is 2.79. The molecule has 1 aliphatic rings. The number of benzene rings is 2. The van der Waals surface area contributed by atoms with Crippen LogP contribution in [-0.4, -0.2) is 40.9 Å². The van der Waals surface area contributed by atoms with E-state index >= 15 is 0 Å². The topological polar surface area (TPSA) is 105 Å². The van der Waals surface area contributed by atoms with Gasteiger partial charge in [-0.15, -0.1) is 0 Å². The second-order valence-corrected chi connectivity index (χ2v) is 8.78. The second kappa shape index (κ2) is 9.27. The molecule has 3 rings (SSSR count). The van der Waals surface area contributed by atoms with Crippen molar-refractivity contribution in [2.24, 2.45) is 0 Å². The Hall–Kier alpha value is -2.91. The Morgan fingerprint density at radius 3 is 2.67 bits per heavy atom. The highest BCUT2D eigenvalue weighted by Crippen LogP contribution is 2.25. The predicted octanol–water partition coefficient (Wildman–Crippen LogP) is 2.05. The molecule has 1 aliphatic heterocycles. The van der Waals surface area contributed by atoms with Gasteiger partial charge in [-0.05, 0) is 55.8 Å². The van der Waals surface area contributed by atoms with Gasteiger partial charge in [-0.2, -0.15) is 0 Å². The van der Waals surface area contributed by atoms with E-state index in [0.29, 0.717) is 13.0 Å². The normalized spacial score (nSPS) is 14.5. The Labute approximate surface area is 176 Å². The lowest BCUT2D eigenvalue weighted by Gasteiger charge is -2.27. The van der Waals surface area contributed by atoms with Gasteiger partial charge >= 0.3 is 0 Å². The van der Waals surface area contributed by atoms with Gasteiger partial charge in [0.2, 0.25) is 15.9 Å². The van der Waals surface area contributed by atoms with Crippen LogP contribution in [0.5, 0.6) is 5.75 Å². The Kier molecular flexibility index (Phi) is 6.73. The molecule has 0 spiro atoms. The Morgan fingerprint density at radius 1 is 1.17 bits per heavy atom. The van der Waals surface area contributed by atoms with Gasteiger partial charge in [-0.3, -0.25) is 9.59 Å². The van der Waals surface area contributed by atoms with Gasteiger partial charge in [0.25, 0.3) is 5.91 Å². The minimum atomic E-state index is -3.78. The molecule has 2 amide bonds. The first-order chi connectivity index (χ1) is 14.4. The number of amides is 2. The smallest absolute Gasteiger partial charge is 0.251 e. The monoisotopic (exact) mass is 431 g/mol. The third-order valence-electron chi connectivity index (χ3n) is 4.98. The minimum absolute atomic E-state index is 0.106. The maximum absolute atomic E-state index is 12.6. The highest BCUT2D eigenvalue weighted by Gasteiger charge is 2.21. The van der Waals surface area contributed by atoms with Gasteiger partial charge in [0.15, 0.2) is 0 Å². The summed E-state index contributed by atoms with van der Waals surface area (Å²) in [6.07, 6.45) is 2.44. The number of nitrogens with zero attached hydrogens (tertiary/aromatic N) is 1. The third-order valence-corrected chi connectivity index (χ3v) is 6.42. The molecule has 0 atom stereocenters. The van der Waals surface area contributed by atoms with E-state index in [9.17, 15) is 18.0 Å². The number of rotatable bonds is 7. The van der Waals surface area contributed by atoms with Crippen molar-refractivity contribution in [1.29, 1.82) is 0 Å². The molecule has 1 saturated heterocycles. The molecule has 30 heavy (non-hydrogen) atoms. The van der Waals surface area contributed by atoms with Crippen molar-refractivity contribution in [2.45, 2.75) is 30.7 Å². The van der Waals surface area contributed by atoms with Crippen molar-refractivity contribution in [3.05, 3.63) is 53.6 Å². The van der Waals surface area contributed by atoms with Crippen LogP contribution in [0.15, 0.2) is 47.4 Å². The molecule has 8 nitrogen and oxygen atoms in total. The number of piperidine rings is 1. The van der Waals surface area contributed by atoms with E-state index in [4.69, 9.17) is 4.74 Å². The quantitative estimate of drug-likeness (QED) is 0.698. The number of hydrogen-bond acceptors (Lipinski definition) is 5. The molecule has 0 bridgehead atoms. The predicted molar refractivity (Wildman–Crippen MR) is 113 cm³/mol. The first-order valence-corrected chi connectivity index (χ1v) is 11.1. The van der Waals surface area contributed by atoms with Gasteiger partial charge in [0.05, 0.1) is 7.11 Å². The first kappa shape index (κ1) is 21.8. The molecule has 1 heterocycles. The summed E-state index contributed by atoms with van der Waals surface area (Å²) >= 11 is 0. The zero-order valence-electron chi connectivity index (χ0n) is 17.0. The minimum Gasteiger partial charge on any atom is -0.495 e. The van der Waals surface area contributed by atoms with Crippen LogP contribution in [0.4, 0.5) is 5.69 Å². The molecule has 0 unspecified atom stereocenters. The molecule has 160 valence electrons. The van der Waals surface area contributed by atoms with Gasteiger partial charge in [-0.25, -0.2) is 13.1 Å². The number of nitrogens with one attached hydrogen (secondary N) is 2. The molecule has 2 aromatic carbocycles. The lowest BCUT2D eigenvalue weighted by Crippen LogP contribution is -2.35. The molecule has 2 aromatic rings. The molecular formula is C21H25N3O5S. The maximum atomic E-state index is 12.6. The van der Waals surface area contributed by atoms with E-state index in [1.165, 1.54) is 32.4 Å². The summed E-state index contributed by atoms with van der Waals surface area (Å²) in [6, 6.07) is 11.7. The number of carbonyl (C=O) groups is 2. The van der Waals surface area contributed by atoms with Gasteiger partial charge < -0.3 is 15.0 Å². The molecule has 2 N–H and O–H groups in total. The summed E-state index contributed by atoms with van der Waals surface area (Å²) in [6.45, 7) is 0.943. The number of carbonyl (C=O) groups excluding carboxylic acids is 2. The van der Waals surface area contributed by atoms with E-state index in [0.717, 1.165) is 24.1 Å². The largest absolute Gasteiger partial charge is 0.495 e. The van der Waals surface area contributed by atoms with Crippen molar-refractivity contribution in [3.63, 3.8) is 0 Å². The highest BCUT2D eigenvalue weighted by atomic mass is 32.2. The summed E-state index contributed by atoms with van der Waals surface area (Å²) < 4.78 is 31.7. The van der Waals surface area contributed by atoms with Crippen molar-refractivity contribution in [3.8, 4) is 5.75 Å². The van der Waals surface area contributed by atoms with Crippen LogP contribution < -0.4 is 19.7 Å². The standard InChI is InChI=1S/C21H25N3O5S/c1-22-30(27,28)19-13-16(9-10-18(19)29-2)21(26)23-14-15-6-5-7-17(12-15)24-11-4-3-8-20(24)25/h5-7,9-10,12-13,22H,3-4,8,11,14H2,1-2H3,(H,23,26). The Morgan fingerprint density at radius 2 is 1.97 bits per heavy atom. The van der Waals surface area contributed by atoms with E-state index in [2.05, 4.69) is 10.0 Å². The number of anilines is 1. The van der Waals surface area contributed by atoms with Crippen molar-refractivity contribution < 1.29 is 22.7 Å². The SMILES string of the molecule is CNS(=O)(=O)c1cc(C(=O)NCc2cccc(N3CCCCC3=O)c2)ccc1OC. The van der Waals surface area contributed by atoms with E-state index in [1.54, 1.807) is 4.90 Å². The van der Waals surface area contributed by atoms with Crippen molar-refractivity contribution in [1.82, 2.24) is 10.0 Å². The third kappa shape index (κ3) is 4.80. The van der Waals surface area contributed by atoms with Crippen LogP contribution in [0.3, 0.4) is 0 Å². The molecule has 0 saturated carbocycles. The molecule has 0 radical (unpaired) electrons. The fraction of sp³-hybridized carbons (Fsp3) is 0.333. The van der Waals surface area contributed by atoms with Gasteiger partial charge in [0.1, 0.15) is 10.6 Å². The zero-order chi connectivity index (χ0) is 21.7. The lowest BCUT2D eigenvalue weighted by atomic mass is 10.1. The van der Waals surface area contributed by atoms with Crippen molar-refractivity contribution in [2.75, 3.05) is 25.6 Å². The number of methoxy groups -OCH3 is 1. The Balaban J connectivity index is 1.74. The number of hydrogen-bond donors (Lipinski definition) is 2. The fourth-order valence-corrected chi connectivity index (χ4v) is 4.25. The summed E-state index contributed by atoms with van der Waals surface area (Å²) in [5.74, 6) is -0.150. The average molecular weight is 432 g/mol. The van der Waals surface area contributed by atoms with Crippen LogP contribution in [-0.2, 0) is 21.4 Å². The summed E-state index contributed by atoms with van der Waals surface area (Å²) in [7, 11) is -1.12. The summed E-state index contributed by atoms with van der Waals surface area (Å²) in [4.78, 5) is 26.4. The lowest BCUT2D eigenvalue weighted by molar-refractivity contribution is -0.119. The van der Waals surface area contributed by atoms with Crippen LogP contribution in [0.2, 0.25) is 0 Å². The zero-order valence-corrected chi connectivity index (χ0v) is 17.8. The van der Waals surface area contributed by atoms with Gasteiger partial charge in [-0.1, -0.05) is 12.1 Å². The van der Waals surface area contributed by atoms with Crippen LogP contribution in [0.1, 0.15) is 35.2 Å². The van der Waals surface area contributed by atoms with Gasteiger partial charge in [0, 0.05) is 30.8 Å². The average Bonchev–Trinajstić information content (AvgIpc) is 2.77. The molecule has 9 heteroatoms. The Bertz CT molecular complexity index is 1050. The second-order valence-electron chi connectivity index (χ2n) is 6.93. The molecule has 0 aromatic heterocycles. The highest BCUT2D eigenvalue weighted by molar-refractivity contribution is 7.89. The van der Waals surface area contributed by atoms with Crippen LogP contribution in [0.25, 0.3) is 0 Å². The maximum Gasteiger partial charge on any atom is 0.251 e. The van der Waals surface area contributed by atoms with Crippen LogP contribution >= 0.6 is 0 Å². The number of ether oxygens (including phenoxy) is 1. The van der Waals surface area contributed by atoms with E-state index in [-0.39, 0.29) is 28.7 Å². The fourth-order valence-electron chi connectivity index (χ4n) is 3.34. The van der Waals surface area contributed by atoms with Crippen molar-refractivity contribution >= 4 is 27.5 Å². The number of sulfonamides is 1. The first-order valence-electron chi connectivity index (χ1n) is 9.65. The summed E-state index contributed by atoms with van der Waals surface area (Å²) in [5.41, 5.74) is 1.86. The molecule has 0 aliphatic carbocycles.